The molecule has 0 unspecified atom stereocenters. The molecule has 0 bridgehead atoms. The Morgan fingerprint density at radius 2 is 2.17 bits per heavy atom. The second-order valence-electron chi connectivity index (χ2n) is 5.42. The maximum Gasteiger partial charge on any atom is 0.257 e. The average Bonchev–Trinajstić information content (AvgIpc) is 2.60. The second-order valence-corrected chi connectivity index (χ2v) is 5.42. The van der Waals surface area contributed by atoms with Crippen molar-refractivity contribution >= 4 is 11.7 Å². The molecule has 5 nitrogen and oxygen atoms in total. The third kappa shape index (κ3) is 3.32. The molecule has 1 aromatic rings. The standard InChI is InChI=1S/C13H23N3O2/c1-9(2)8-16-11(10(3)7-14-16)15-12(17)13(4,5)18-6/h7,9H,8H2,1-6H3,(H,15,17). The fraction of sp³-hybridized carbons (Fsp3) is 0.692. The van der Waals surface area contributed by atoms with Crippen molar-refractivity contribution in [1.82, 2.24) is 9.78 Å². The van der Waals surface area contributed by atoms with E-state index in [0.29, 0.717) is 5.92 Å². The van der Waals surface area contributed by atoms with E-state index < -0.39 is 5.60 Å². The van der Waals surface area contributed by atoms with Crippen LogP contribution < -0.4 is 5.32 Å². The van der Waals surface area contributed by atoms with Crippen molar-refractivity contribution in [3.63, 3.8) is 0 Å². The van der Waals surface area contributed by atoms with Crippen LogP contribution in [0.4, 0.5) is 5.82 Å². The van der Waals surface area contributed by atoms with Gasteiger partial charge in [0.1, 0.15) is 11.4 Å². The van der Waals surface area contributed by atoms with Gasteiger partial charge in [0.05, 0.1) is 6.20 Å². The molecule has 0 aliphatic heterocycles. The van der Waals surface area contributed by atoms with Crippen LogP contribution in [-0.4, -0.2) is 28.4 Å². The van der Waals surface area contributed by atoms with Crippen molar-refractivity contribution in [3.05, 3.63) is 11.8 Å². The number of hydrogen-bond acceptors (Lipinski definition) is 3. The Morgan fingerprint density at radius 1 is 1.56 bits per heavy atom. The predicted molar refractivity (Wildman–Crippen MR) is 71.5 cm³/mol. The second kappa shape index (κ2) is 5.52. The van der Waals surface area contributed by atoms with Gasteiger partial charge >= 0.3 is 0 Å². The molecule has 0 aliphatic rings. The van der Waals surface area contributed by atoms with Gasteiger partial charge in [-0.1, -0.05) is 13.8 Å². The number of aryl methyl sites for hydroxylation is 1. The zero-order valence-corrected chi connectivity index (χ0v) is 12.1. The minimum Gasteiger partial charge on any atom is -0.369 e. The van der Waals surface area contributed by atoms with Crippen LogP contribution in [0.1, 0.15) is 33.3 Å². The number of carbonyl (C=O) groups is 1. The van der Waals surface area contributed by atoms with Crippen molar-refractivity contribution in [2.75, 3.05) is 12.4 Å². The molecule has 0 radical (unpaired) electrons. The van der Waals surface area contributed by atoms with Gasteiger partial charge in [-0.3, -0.25) is 4.79 Å². The number of amides is 1. The summed E-state index contributed by atoms with van der Waals surface area (Å²) in [6.07, 6.45) is 1.76. The zero-order chi connectivity index (χ0) is 13.9. The fourth-order valence-electron chi connectivity index (χ4n) is 1.48. The molecule has 1 N–H and O–H groups in total. The number of nitrogens with one attached hydrogen (secondary N) is 1. The molecule has 102 valence electrons. The summed E-state index contributed by atoms with van der Waals surface area (Å²) in [5, 5.41) is 7.17. The maximum absolute atomic E-state index is 12.1. The maximum atomic E-state index is 12.1. The van der Waals surface area contributed by atoms with Crippen LogP contribution in [0.2, 0.25) is 0 Å². The highest BCUT2D eigenvalue weighted by Crippen LogP contribution is 2.18. The zero-order valence-electron chi connectivity index (χ0n) is 12.1. The molecule has 1 rings (SSSR count). The van der Waals surface area contributed by atoms with Gasteiger partial charge in [-0.25, -0.2) is 4.68 Å². The highest BCUT2D eigenvalue weighted by Gasteiger charge is 2.28. The van der Waals surface area contributed by atoms with Crippen LogP contribution in [0, 0.1) is 12.8 Å². The number of rotatable bonds is 5. The normalized spacial score (nSPS) is 11.9. The number of methoxy groups -OCH3 is 1. The molecule has 5 heteroatoms. The number of nitrogens with zero attached hydrogens (tertiary/aromatic N) is 2. The van der Waals surface area contributed by atoms with Gasteiger partial charge in [-0.15, -0.1) is 0 Å². The van der Waals surface area contributed by atoms with Crippen LogP contribution in [0.25, 0.3) is 0 Å². The molecule has 18 heavy (non-hydrogen) atoms. The van der Waals surface area contributed by atoms with Crippen molar-refractivity contribution in [1.29, 1.82) is 0 Å². The summed E-state index contributed by atoms with van der Waals surface area (Å²) in [5.41, 5.74) is 0.107. The Morgan fingerprint density at radius 3 is 2.67 bits per heavy atom. The summed E-state index contributed by atoms with van der Waals surface area (Å²) in [6, 6.07) is 0. The van der Waals surface area contributed by atoms with E-state index >= 15 is 0 Å². The van der Waals surface area contributed by atoms with Crippen LogP contribution in [-0.2, 0) is 16.1 Å². The number of anilines is 1. The molecule has 0 saturated heterocycles. The first-order chi connectivity index (χ1) is 8.27. The Balaban J connectivity index is 2.90. The van der Waals surface area contributed by atoms with Crippen LogP contribution in [0.3, 0.4) is 0 Å². The summed E-state index contributed by atoms with van der Waals surface area (Å²) in [6.45, 7) is 10.4. The third-order valence-electron chi connectivity index (χ3n) is 2.85. The summed E-state index contributed by atoms with van der Waals surface area (Å²) in [7, 11) is 1.53. The summed E-state index contributed by atoms with van der Waals surface area (Å²) in [5.74, 6) is 1.05. The Bertz CT molecular complexity index is 422. The smallest absolute Gasteiger partial charge is 0.257 e. The molecule has 0 spiro atoms. The molecular formula is C13H23N3O2. The van der Waals surface area contributed by atoms with Gasteiger partial charge in [0.2, 0.25) is 0 Å². The van der Waals surface area contributed by atoms with Gasteiger partial charge in [-0.05, 0) is 26.7 Å². The number of aromatic nitrogens is 2. The lowest BCUT2D eigenvalue weighted by Gasteiger charge is -2.22. The minimum absolute atomic E-state index is 0.168. The Labute approximate surface area is 109 Å². The molecule has 0 fully saturated rings. The number of ether oxygens (including phenoxy) is 1. The van der Waals surface area contributed by atoms with Gasteiger partial charge < -0.3 is 10.1 Å². The predicted octanol–water partition coefficient (Wildman–Crippen LogP) is 2.21. The molecule has 1 heterocycles. The summed E-state index contributed by atoms with van der Waals surface area (Å²) < 4.78 is 6.99. The van der Waals surface area contributed by atoms with E-state index in [4.69, 9.17) is 4.74 Å². The Kier molecular flexibility index (Phi) is 4.51. The molecule has 0 aliphatic carbocycles. The van der Waals surface area contributed by atoms with Crippen LogP contribution in [0.5, 0.6) is 0 Å². The van der Waals surface area contributed by atoms with E-state index in [-0.39, 0.29) is 5.91 Å². The topological polar surface area (TPSA) is 56.1 Å². The SMILES string of the molecule is COC(C)(C)C(=O)Nc1c(C)cnn1CC(C)C. The van der Waals surface area contributed by atoms with Gasteiger partial charge in [0, 0.05) is 19.2 Å². The van der Waals surface area contributed by atoms with Crippen LogP contribution >= 0.6 is 0 Å². The lowest BCUT2D eigenvalue weighted by atomic mass is 10.1. The quantitative estimate of drug-likeness (QED) is 0.875. The van der Waals surface area contributed by atoms with Crippen molar-refractivity contribution in [3.8, 4) is 0 Å². The van der Waals surface area contributed by atoms with Crippen molar-refractivity contribution < 1.29 is 9.53 Å². The lowest BCUT2D eigenvalue weighted by molar-refractivity contribution is -0.133. The van der Waals surface area contributed by atoms with E-state index in [0.717, 1.165) is 17.9 Å². The van der Waals surface area contributed by atoms with Gasteiger partial charge in [-0.2, -0.15) is 5.10 Å². The van der Waals surface area contributed by atoms with Crippen LogP contribution in [0.15, 0.2) is 6.20 Å². The highest BCUT2D eigenvalue weighted by atomic mass is 16.5. The van der Waals surface area contributed by atoms with E-state index in [1.165, 1.54) is 7.11 Å². The molecule has 0 atom stereocenters. The summed E-state index contributed by atoms with van der Waals surface area (Å²) in [4.78, 5) is 12.1. The molecule has 1 aromatic heterocycles. The van der Waals surface area contributed by atoms with E-state index in [1.54, 1.807) is 20.0 Å². The van der Waals surface area contributed by atoms with E-state index in [9.17, 15) is 4.79 Å². The van der Waals surface area contributed by atoms with Gasteiger partial charge in [0.15, 0.2) is 0 Å². The molecule has 0 saturated carbocycles. The molecule has 1 amide bonds. The summed E-state index contributed by atoms with van der Waals surface area (Å²) >= 11 is 0. The first-order valence-electron chi connectivity index (χ1n) is 6.17. The number of hydrogen-bond donors (Lipinski definition) is 1. The minimum atomic E-state index is -0.848. The first kappa shape index (κ1) is 14.7. The number of carbonyl (C=O) groups excluding carboxylic acids is 1. The first-order valence-corrected chi connectivity index (χ1v) is 6.17. The highest BCUT2D eigenvalue weighted by molar-refractivity contribution is 5.96. The van der Waals surface area contributed by atoms with Gasteiger partial charge in [0.25, 0.3) is 5.91 Å². The Hall–Kier alpha value is -1.36. The lowest BCUT2D eigenvalue weighted by Crippen LogP contribution is -2.39. The third-order valence-corrected chi connectivity index (χ3v) is 2.85. The van der Waals surface area contributed by atoms with E-state index in [2.05, 4.69) is 24.3 Å². The average molecular weight is 253 g/mol. The largest absolute Gasteiger partial charge is 0.369 e. The monoisotopic (exact) mass is 253 g/mol. The van der Waals surface area contributed by atoms with Crippen molar-refractivity contribution in [2.45, 2.75) is 46.8 Å². The molecule has 0 aromatic carbocycles. The van der Waals surface area contributed by atoms with E-state index in [1.807, 2.05) is 11.6 Å². The fourth-order valence-corrected chi connectivity index (χ4v) is 1.48. The molecular weight excluding hydrogens is 230 g/mol. The van der Waals surface area contributed by atoms with Crippen molar-refractivity contribution in [2.24, 2.45) is 5.92 Å².